The van der Waals surface area contributed by atoms with E-state index in [1.165, 1.54) is 5.57 Å². The van der Waals surface area contributed by atoms with E-state index in [0.29, 0.717) is 42.4 Å². The predicted octanol–water partition coefficient (Wildman–Crippen LogP) is 7.74. The number of rotatable bonds is 4. The number of hydrogen-bond acceptors (Lipinski definition) is 4. The van der Waals surface area contributed by atoms with Crippen molar-refractivity contribution in [2.24, 2.45) is 5.92 Å². The molecule has 1 amide bonds. The summed E-state index contributed by atoms with van der Waals surface area (Å²) in [5, 5.41) is -0.00649. The lowest BCUT2D eigenvalue weighted by Crippen LogP contribution is -2.33. The summed E-state index contributed by atoms with van der Waals surface area (Å²) in [7, 11) is -1.48. The molecule has 0 spiro atoms. The smallest absolute Gasteiger partial charge is 0.263 e. The van der Waals surface area contributed by atoms with Crippen LogP contribution in [0, 0.1) is 11.7 Å². The van der Waals surface area contributed by atoms with Crippen LogP contribution in [0.1, 0.15) is 93.6 Å². The molecule has 2 aliphatic rings. The zero-order valence-electron chi connectivity index (χ0n) is 24.1. The Hall–Kier alpha value is -2.38. The Morgan fingerprint density at radius 3 is 2.75 bits per heavy atom. The van der Waals surface area contributed by atoms with Crippen LogP contribution < -0.4 is 14.4 Å². The third-order valence-corrected chi connectivity index (χ3v) is 9.88. The Morgan fingerprint density at radius 1 is 1.20 bits per heavy atom. The summed E-state index contributed by atoms with van der Waals surface area (Å²) in [5.41, 5.74) is 4.23. The van der Waals surface area contributed by atoms with Crippen molar-refractivity contribution in [3.05, 3.63) is 69.5 Å². The van der Waals surface area contributed by atoms with Crippen LogP contribution in [0.2, 0.25) is 5.02 Å². The second-order valence-electron chi connectivity index (χ2n) is 11.2. The van der Waals surface area contributed by atoms with Gasteiger partial charge < -0.3 is 9.64 Å². The molecule has 4 unspecified atom stereocenters. The Bertz CT molecular complexity index is 1270. The Labute approximate surface area is 246 Å². The molecule has 0 aromatic heterocycles. The molecular formula is C32H42ClFN2O3S. The van der Waals surface area contributed by atoms with E-state index in [0.717, 1.165) is 56.3 Å². The minimum atomic E-state index is -1.48. The lowest BCUT2D eigenvalue weighted by molar-refractivity contribution is 0.0982. The monoisotopic (exact) mass is 588 g/mol. The fraction of sp³-hybridized carbons (Fsp3) is 0.531. The molecule has 4 atom stereocenters. The van der Waals surface area contributed by atoms with E-state index in [1.54, 1.807) is 12.1 Å². The fourth-order valence-electron chi connectivity index (χ4n) is 5.78. The van der Waals surface area contributed by atoms with Gasteiger partial charge in [-0.15, -0.1) is 0 Å². The largest absolute Gasteiger partial charge is 0.491 e. The van der Waals surface area contributed by atoms with E-state index < -0.39 is 11.0 Å². The van der Waals surface area contributed by atoms with Gasteiger partial charge in [0.2, 0.25) is 0 Å². The first-order chi connectivity index (χ1) is 19.2. The average Bonchev–Trinajstić information content (AvgIpc) is 3.12. The molecule has 2 bridgehead atoms. The Balaban J connectivity index is 1.73. The van der Waals surface area contributed by atoms with Crippen LogP contribution in [0.4, 0.5) is 10.1 Å². The number of hydrogen-bond donors (Lipinski definition) is 1. The molecule has 0 fully saturated rings. The number of halogens is 2. The molecular weight excluding hydrogens is 547 g/mol. The predicted molar refractivity (Wildman–Crippen MR) is 163 cm³/mol. The number of nitrogens with one attached hydrogen (secondary N) is 1. The number of allylic oxidation sites excluding steroid dienone is 2. The lowest BCUT2D eigenvalue weighted by Gasteiger charge is -2.29. The van der Waals surface area contributed by atoms with Gasteiger partial charge in [-0.2, -0.15) is 0 Å². The molecule has 2 aliphatic heterocycles. The number of ether oxygens (including phenoxy) is 1. The highest BCUT2D eigenvalue weighted by atomic mass is 35.5. The maximum Gasteiger partial charge on any atom is 0.263 e. The maximum absolute atomic E-state index is 15.2. The number of carbonyl (C=O) groups is 1. The molecule has 4 rings (SSSR count). The van der Waals surface area contributed by atoms with E-state index >= 15 is 4.39 Å². The number of benzene rings is 2. The van der Waals surface area contributed by atoms with Crippen LogP contribution >= 0.6 is 11.6 Å². The molecule has 40 heavy (non-hydrogen) atoms. The second kappa shape index (κ2) is 14.0. The van der Waals surface area contributed by atoms with Crippen LogP contribution in [-0.2, 0) is 17.4 Å². The van der Waals surface area contributed by atoms with Crippen LogP contribution in [0.25, 0.3) is 0 Å². The summed E-state index contributed by atoms with van der Waals surface area (Å²) in [6.07, 6.45) is 8.34. The normalized spacial score (nSPS) is 25.8. The van der Waals surface area contributed by atoms with Crippen molar-refractivity contribution >= 4 is 34.2 Å². The van der Waals surface area contributed by atoms with Gasteiger partial charge in [0.05, 0.1) is 22.6 Å². The van der Waals surface area contributed by atoms with Crippen molar-refractivity contribution in [1.29, 1.82) is 0 Å². The first kappa shape index (κ1) is 30.6. The van der Waals surface area contributed by atoms with E-state index in [-0.39, 0.29) is 27.9 Å². The van der Waals surface area contributed by atoms with Crippen molar-refractivity contribution in [3.63, 3.8) is 0 Å². The highest BCUT2D eigenvalue weighted by Crippen LogP contribution is 2.38. The molecule has 0 radical (unpaired) electrons. The molecule has 218 valence electrons. The second-order valence-corrected chi connectivity index (χ2v) is 13.3. The molecule has 1 N–H and O–H groups in total. The van der Waals surface area contributed by atoms with Crippen molar-refractivity contribution in [2.75, 3.05) is 24.6 Å². The van der Waals surface area contributed by atoms with Gasteiger partial charge in [-0.1, -0.05) is 56.0 Å². The number of nitrogens with zero attached hydrogens (tertiary/aromatic N) is 1. The van der Waals surface area contributed by atoms with Gasteiger partial charge in [0.25, 0.3) is 5.91 Å². The summed E-state index contributed by atoms with van der Waals surface area (Å²) in [6.45, 7) is 10.2. The van der Waals surface area contributed by atoms with Gasteiger partial charge in [-0.25, -0.2) is 8.60 Å². The van der Waals surface area contributed by atoms with Crippen molar-refractivity contribution in [2.45, 2.75) is 83.8 Å². The molecule has 0 saturated carbocycles. The SMILES string of the molecule is CCCc1c(C2COc3ccc4cc3N(CCC(CC)C/C(C)=C/CCC(C)S(=O)NC4=O)C2)ccc(Cl)c1F. The molecule has 0 aliphatic carbocycles. The standard InChI is InChI=1S/C32H42ClFN2O3S/c1-5-8-27-26(12-13-28(33)31(27)34)25-19-36-16-15-23(6-2)17-21(3)9-7-10-22(4)40(38)35-32(37)24-11-14-30(39-20-25)29(36)18-24/h9,11-14,18,22-23,25H,5-8,10,15-17,19-20H2,1-4H3,(H,35,37)/b21-9+. The van der Waals surface area contributed by atoms with Gasteiger partial charge >= 0.3 is 0 Å². The molecule has 2 aromatic carbocycles. The van der Waals surface area contributed by atoms with Crippen molar-refractivity contribution < 1.29 is 18.1 Å². The minimum absolute atomic E-state index is 0.0707. The average molecular weight is 589 g/mol. The van der Waals surface area contributed by atoms with Gasteiger partial charge in [-0.05, 0) is 87.3 Å². The number of fused-ring (bicyclic) bond motifs is 1. The van der Waals surface area contributed by atoms with Crippen LogP contribution in [-0.4, -0.2) is 35.1 Å². The molecule has 8 heteroatoms. The van der Waals surface area contributed by atoms with E-state index in [1.807, 2.05) is 32.0 Å². The fourth-order valence-corrected chi connectivity index (χ4v) is 6.81. The summed E-state index contributed by atoms with van der Waals surface area (Å²) in [5.74, 6) is 0.440. The first-order valence-electron chi connectivity index (χ1n) is 14.6. The van der Waals surface area contributed by atoms with Crippen molar-refractivity contribution in [1.82, 2.24) is 4.72 Å². The van der Waals surface area contributed by atoms with Crippen molar-refractivity contribution in [3.8, 4) is 5.75 Å². The van der Waals surface area contributed by atoms with Gasteiger partial charge in [0.1, 0.15) is 22.6 Å². The number of amides is 1. The lowest BCUT2D eigenvalue weighted by atomic mass is 9.90. The summed E-state index contributed by atoms with van der Waals surface area (Å²) in [4.78, 5) is 15.4. The first-order valence-corrected chi connectivity index (χ1v) is 16.2. The van der Waals surface area contributed by atoms with Gasteiger partial charge in [0.15, 0.2) is 0 Å². The highest BCUT2D eigenvalue weighted by molar-refractivity contribution is 7.84. The quantitative estimate of drug-likeness (QED) is 0.371. The molecule has 2 heterocycles. The van der Waals surface area contributed by atoms with Crippen LogP contribution in [0.15, 0.2) is 42.0 Å². The third-order valence-electron chi connectivity index (χ3n) is 8.23. The van der Waals surface area contributed by atoms with Crippen LogP contribution in [0.3, 0.4) is 0 Å². The zero-order chi connectivity index (χ0) is 28.8. The minimum Gasteiger partial charge on any atom is -0.491 e. The van der Waals surface area contributed by atoms with E-state index in [9.17, 15) is 9.00 Å². The summed E-state index contributed by atoms with van der Waals surface area (Å²) < 4.78 is 37.1. The third kappa shape index (κ3) is 7.27. The highest BCUT2D eigenvalue weighted by Gasteiger charge is 2.29. The Morgan fingerprint density at radius 2 is 2.00 bits per heavy atom. The van der Waals surface area contributed by atoms with Gasteiger partial charge in [-0.3, -0.25) is 9.52 Å². The van der Waals surface area contributed by atoms with Crippen LogP contribution in [0.5, 0.6) is 5.75 Å². The number of carbonyl (C=O) groups excluding carboxylic acids is 1. The zero-order valence-corrected chi connectivity index (χ0v) is 25.7. The van der Waals surface area contributed by atoms with E-state index in [2.05, 4.69) is 29.5 Å². The summed E-state index contributed by atoms with van der Waals surface area (Å²) >= 11 is 6.17. The number of anilines is 1. The Kier molecular flexibility index (Phi) is 10.7. The van der Waals surface area contributed by atoms with E-state index in [4.69, 9.17) is 16.3 Å². The molecule has 0 saturated heterocycles. The maximum atomic E-state index is 15.2. The topological polar surface area (TPSA) is 58.6 Å². The van der Waals surface area contributed by atoms with Gasteiger partial charge in [0, 0.05) is 24.6 Å². The molecule has 5 nitrogen and oxygen atoms in total. The molecule has 2 aromatic rings. The summed E-state index contributed by atoms with van der Waals surface area (Å²) in [6, 6.07) is 8.99.